The molecule has 0 aliphatic carbocycles. The first kappa shape index (κ1) is 18.6. The molecule has 1 amide bonds. The highest BCUT2D eigenvalue weighted by Crippen LogP contribution is 2.22. The number of alkyl halides is 2. The standard InChI is InChI=1S/C16H16Cl2N2O3S/c17-15(18)16(21)19-11-12-20(13-7-3-1-4-8-13)24(22,23)14-9-5-2-6-10-14/h1-10,15H,11-12H2,(H,19,21). The smallest absolute Gasteiger partial charge is 0.264 e. The normalized spacial score (nSPS) is 11.3. The molecular weight excluding hydrogens is 371 g/mol. The van der Waals surface area contributed by atoms with Crippen molar-refractivity contribution in [1.29, 1.82) is 0 Å². The molecular formula is C16H16Cl2N2O3S. The van der Waals surface area contributed by atoms with Crippen LogP contribution >= 0.6 is 23.2 Å². The Hall–Kier alpha value is -1.76. The Bertz CT molecular complexity index is 768. The molecule has 24 heavy (non-hydrogen) atoms. The second kappa shape index (κ2) is 8.37. The molecule has 0 bridgehead atoms. The van der Waals surface area contributed by atoms with Crippen LogP contribution in [0.4, 0.5) is 5.69 Å². The molecule has 0 spiro atoms. The summed E-state index contributed by atoms with van der Waals surface area (Å²) in [5, 5.41) is 2.50. The largest absolute Gasteiger partial charge is 0.352 e. The van der Waals surface area contributed by atoms with Gasteiger partial charge in [0.2, 0.25) is 0 Å². The highest BCUT2D eigenvalue weighted by molar-refractivity contribution is 7.92. The second-order valence-corrected chi connectivity index (χ2v) is 7.78. The van der Waals surface area contributed by atoms with Crippen molar-refractivity contribution < 1.29 is 13.2 Å². The maximum absolute atomic E-state index is 12.9. The Morgan fingerprint density at radius 1 is 1.00 bits per heavy atom. The molecule has 0 aromatic heterocycles. The molecule has 0 heterocycles. The van der Waals surface area contributed by atoms with Crippen molar-refractivity contribution in [2.75, 3.05) is 17.4 Å². The summed E-state index contributed by atoms with van der Waals surface area (Å²) in [6.45, 7) is 0.128. The summed E-state index contributed by atoms with van der Waals surface area (Å²) in [5.41, 5.74) is 0.504. The van der Waals surface area contributed by atoms with E-state index in [9.17, 15) is 13.2 Å². The zero-order chi connectivity index (χ0) is 17.6. The zero-order valence-electron chi connectivity index (χ0n) is 12.6. The molecule has 0 atom stereocenters. The number of hydrogen-bond acceptors (Lipinski definition) is 3. The predicted molar refractivity (Wildman–Crippen MR) is 95.9 cm³/mol. The van der Waals surface area contributed by atoms with E-state index in [0.29, 0.717) is 5.69 Å². The van der Waals surface area contributed by atoms with Crippen molar-refractivity contribution in [3.8, 4) is 0 Å². The first-order valence-corrected chi connectivity index (χ1v) is 9.43. The SMILES string of the molecule is O=C(NCCN(c1ccccc1)S(=O)(=O)c1ccccc1)C(Cl)Cl. The van der Waals surface area contributed by atoms with Gasteiger partial charge in [0, 0.05) is 6.54 Å². The summed E-state index contributed by atoms with van der Waals surface area (Å²) in [6.07, 6.45) is 0. The highest BCUT2D eigenvalue weighted by Gasteiger charge is 2.24. The van der Waals surface area contributed by atoms with Gasteiger partial charge in [-0.15, -0.1) is 0 Å². The Morgan fingerprint density at radius 3 is 2.08 bits per heavy atom. The van der Waals surface area contributed by atoms with E-state index in [4.69, 9.17) is 23.2 Å². The monoisotopic (exact) mass is 386 g/mol. The van der Waals surface area contributed by atoms with E-state index in [1.165, 1.54) is 16.4 Å². The number of amides is 1. The minimum Gasteiger partial charge on any atom is -0.352 e. The van der Waals surface area contributed by atoms with Gasteiger partial charge in [-0.3, -0.25) is 9.10 Å². The van der Waals surface area contributed by atoms with Gasteiger partial charge in [0.25, 0.3) is 15.9 Å². The summed E-state index contributed by atoms with van der Waals surface area (Å²) in [5.74, 6) is -0.566. The maximum atomic E-state index is 12.9. The third kappa shape index (κ3) is 4.63. The first-order valence-electron chi connectivity index (χ1n) is 7.11. The number of halogens is 2. The van der Waals surface area contributed by atoms with Crippen LogP contribution in [0.2, 0.25) is 0 Å². The highest BCUT2D eigenvalue weighted by atomic mass is 35.5. The van der Waals surface area contributed by atoms with Crippen LogP contribution in [0.1, 0.15) is 0 Å². The van der Waals surface area contributed by atoms with Crippen LogP contribution in [0.25, 0.3) is 0 Å². The molecule has 0 saturated heterocycles. The fourth-order valence-corrected chi connectivity index (χ4v) is 3.70. The van der Waals surface area contributed by atoms with E-state index in [2.05, 4.69) is 5.32 Å². The predicted octanol–water partition coefficient (Wildman–Crippen LogP) is 2.80. The number of sulfonamides is 1. The van der Waals surface area contributed by atoms with E-state index < -0.39 is 20.8 Å². The van der Waals surface area contributed by atoms with E-state index in [-0.39, 0.29) is 18.0 Å². The number of nitrogens with zero attached hydrogens (tertiary/aromatic N) is 1. The van der Waals surface area contributed by atoms with Crippen LogP contribution in [-0.2, 0) is 14.8 Å². The van der Waals surface area contributed by atoms with Crippen LogP contribution < -0.4 is 9.62 Å². The lowest BCUT2D eigenvalue weighted by atomic mass is 10.3. The molecule has 128 valence electrons. The zero-order valence-corrected chi connectivity index (χ0v) is 14.9. The van der Waals surface area contributed by atoms with Gasteiger partial charge in [-0.2, -0.15) is 0 Å². The number of carbonyl (C=O) groups excluding carboxylic acids is 1. The molecule has 0 saturated carbocycles. The van der Waals surface area contributed by atoms with Crippen LogP contribution in [0.15, 0.2) is 65.6 Å². The lowest BCUT2D eigenvalue weighted by Gasteiger charge is -2.24. The molecule has 2 aromatic rings. The van der Waals surface area contributed by atoms with Crippen molar-refractivity contribution in [3.05, 3.63) is 60.7 Å². The number of para-hydroxylation sites is 1. The Labute approximate surface area is 151 Å². The van der Waals surface area contributed by atoms with Crippen LogP contribution in [0, 0.1) is 0 Å². The van der Waals surface area contributed by atoms with Gasteiger partial charge in [0.15, 0.2) is 4.84 Å². The molecule has 0 fully saturated rings. The average Bonchev–Trinajstić information content (AvgIpc) is 2.59. The molecule has 1 N–H and O–H groups in total. The van der Waals surface area contributed by atoms with Gasteiger partial charge in [0.05, 0.1) is 17.1 Å². The lowest BCUT2D eigenvalue weighted by molar-refractivity contribution is -0.119. The van der Waals surface area contributed by atoms with Crippen molar-refractivity contribution in [3.63, 3.8) is 0 Å². The molecule has 2 rings (SSSR count). The van der Waals surface area contributed by atoms with E-state index in [1.807, 2.05) is 0 Å². The van der Waals surface area contributed by atoms with Gasteiger partial charge in [0.1, 0.15) is 0 Å². The van der Waals surface area contributed by atoms with Crippen LogP contribution in [-0.4, -0.2) is 32.3 Å². The fraction of sp³-hybridized carbons (Fsp3) is 0.188. The number of hydrogen-bond donors (Lipinski definition) is 1. The Morgan fingerprint density at radius 2 is 1.54 bits per heavy atom. The van der Waals surface area contributed by atoms with Gasteiger partial charge >= 0.3 is 0 Å². The maximum Gasteiger partial charge on any atom is 0.264 e. The molecule has 2 aromatic carbocycles. The number of nitrogens with one attached hydrogen (secondary N) is 1. The van der Waals surface area contributed by atoms with E-state index in [1.54, 1.807) is 48.5 Å². The summed E-state index contributed by atoms with van der Waals surface area (Å²) in [7, 11) is -3.76. The van der Waals surface area contributed by atoms with E-state index in [0.717, 1.165) is 0 Å². The van der Waals surface area contributed by atoms with Gasteiger partial charge < -0.3 is 5.32 Å². The molecule has 0 radical (unpaired) electrons. The number of anilines is 1. The fourth-order valence-electron chi connectivity index (χ4n) is 2.06. The van der Waals surface area contributed by atoms with Crippen molar-refractivity contribution in [2.45, 2.75) is 9.73 Å². The first-order chi connectivity index (χ1) is 11.4. The van der Waals surface area contributed by atoms with Crippen LogP contribution in [0.3, 0.4) is 0 Å². The molecule has 0 aliphatic rings. The quantitative estimate of drug-likeness (QED) is 0.743. The minimum absolute atomic E-state index is 0.0491. The van der Waals surface area contributed by atoms with Crippen molar-refractivity contribution >= 4 is 44.8 Å². The molecule has 0 aliphatic heterocycles. The summed E-state index contributed by atoms with van der Waals surface area (Å²) in [4.78, 5) is 10.4. The molecule has 0 unspecified atom stereocenters. The number of benzene rings is 2. The number of rotatable bonds is 7. The van der Waals surface area contributed by atoms with Crippen molar-refractivity contribution in [1.82, 2.24) is 5.32 Å². The van der Waals surface area contributed by atoms with Gasteiger partial charge in [-0.25, -0.2) is 8.42 Å². The Kier molecular flexibility index (Phi) is 6.48. The Balaban J connectivity index is 2.26. The second-order valence-electron chi connectivity index (χ2n) is 4.82. The third-order valence-electron chi connectivity index (χ3n) is 3.19. The summed E-state index contributed by atoms with van der Waals surface area (Å²) >= 11 is 10.9. The average molecular weight is 387 g/mol. The van der Waals surface area contributed by atoms with Crippen molar-refractivity contribution in [2.24, 2.45) is 0 Å². The van der Waals surface area contributed by atoms with E-state index >= 15 is 0 Å². The number of carbonyl (C=O) groups is 1. The third-order valence-corrected chi connectivity index (χ3v) is 5.43. The minimum atomic E-state index is -3.76. The topological polar surface area (TPSA) is 66.5 Å². The summed E-state index contributed by atoms with van der Waals surface area (Å²) < 4.78 is 27.0. The summed E-state index contributed by atoms with van der Waals surface area (Å²) in [6, 6.07) is 16.8. The van der Waals surface area contributed by atoms with Gasteiger partial charge in [-0.1, -0.05) is 59.6 Å². The van der Waals surface area contributed by atoms with Gasteiger partial charge in [-0.05, 0) is 24.3 Å². The van der Waals surface area contributed by atoms with Crippen LogP contribution in [0.5, 0.6) is 0 Å². The lowest BCUT2D eigenvalue weighted by Crippen LogP contribution is -2.40. The molecule has 5 nitrogen and oxygen atoms in total. The molecule has 8 heteroatoms.